The van der Waals surface area contributed by atoms with E-state index in [4.69, 9.17) is 4.74 Å². The fourth-order valence-corrected chi connectivity index (χ4v) is 3.45. The number of carbonyl (C=O) groups excluding carboxylic acids is 1. The summed E-state index contributed by atoms with van der Waals surface area (Å²) in [5.74, 6) is 0.387. The van der Waals surface area contributed by atoms with Gasteiger partial charge in [-0.3, -0.25) is 4.79 Å². The Bertz CT molecular complexity index is 673. The highest BCUT2D eigenvalue weighted by atomic mass is 16.5. The van der Waals surface area contributed by atoms with Gasteiger partial charge in [0.25, 0.3) is 5.91 Å². The summed E-state index contributed by atoms with van der Waals surface area (Å²) in [5, 5.41) is 9.27. The van der Waals surface area contributed by atoms with Crippen molar-refractivity contribution in [2.24, 2.45) is 11.8 Å². The van der Waals surface area contributed by atoms with Gasteiger partial charge in [0.05, 0.1) is 6.10 Å². The molecule has 0 spiro atoms. The molecule has 0 unspecified atom stereocenters. The van der Waals surface area contributed by atoms with Gasteiger partial charge in [-0.1, -0.05) is 49.8 Å². The number of piperidine rings is 1. The first-order valence-electron chi connectivity index (χ1n) is 8.94. The lowest BCUT2D eigenvalue weighted by atomic mass is 9.87. The molecule has 2 atom stereocenters. The number of aryl methyl sites for hydroxylation is 1. The Kier molecular flexibility index (Phi) is 6.78. The van der Waals surface area contributed by atoms with E-state index in [0.29, 0.717) is 19.0 Å². The van der Waals surface area contributed by atoms with Crippen LogP contribution in [0.15, 0.2) is 35.9 Å². The molecule has 0 bridgehead atoms. The fraction of sp³-hybridized carbons (Fsp3) is 0.524. The van der Waals surface area contributed by atoms with Gasteiger partial charge in [0.2, 0.25) is 0 Å². The molecular weight excluding hydrogens is 312 g/mol. The minimum absolute atomic E-state index is 0.00259. The number of ether oxygens (including phenoxy) is 1. The summed E-state index contributed by atoms with van der Waals surface area (Å²) in [7, 11) is 1.71. The molecule has 1 aromatic carbocycles. The second-order valence-electron chi connectivity index (χ2n) is 7.20. The first-order valence-corrected chi connectivity index (χ1v) is 8.94. The largest absolute Gasteiger partial charge is 0.379 e. The third-order valence-electron chi connectivity index (χ3n) is 4.72. The standard InChI is InChI=1S/C21H28N2O2/c1-15(2)10-19(13-22)21(24)23-9-8-18(20(14-23)25-4)12-17-7-5-6-16(3)11-17/h5-7,10-11,15,18,20H,8-9,12,14H2,1-4H3/t18-,20-/m1/s1. The molecule has 4 heteroatoms. The Morgan fingerprint density at radius 2 is 2.24 bits per heavy atom. The Hall–Kier alpha value is -2.12. The summed E-state index contributed by atoms with van der Waals surface area (Å²) in [6, 6.07) is 10.6. The zero-order valence-electron chi connectivity index (χ0n) is 15.7. The summed E-state index contributed by atoms with van der Waals surface area (Å²) in [5.41, 5.74) is 2.81. The highest BCUT2D eigenvalue weighted by Crippen LogP contribution is 2.25. The molecule has 1 aliphatic rings. The van der Waals surface area contributed by atoms with Crippen molar-refractivity contribution in [1.29, 1.82) is 5.26 Å². The van der Waals surface area contributed by atoms with Gasteiger partial charge in [-0.25, -0.2) is 0 Å². The number of rotatable bonds is 5. The normalized spacial score (nSPS) is 21.3. The SMILES string of the molecule is CO[C@@H]1CN(C(=O)C(C#N)=CC(C)C)CC[C@@H]1Cc1cccc(C)c1. The lowest BCUT2D eigenvalue weighted by Crippen LogP contribution is -2.48. The molecule has 0 aliphatic carbocycles. The summed E-state index contributed by atoms with van der Waals surface area (Å²) in [4.78, 5) is 14.4. The van der Waals surface area contributed by atoms with Gasteiger partial charge in [-0.15, -0.1) is 0 Å². The van der Waals surface area contributed by atoms with Crippen LogP contribution in [0.5, 0.6) is 0 Å². The minimum atomic E-state index is -0.174. The summed E-state index contributed by atoms with van der Waals surface area (Å²) in [6.07, 6.45) is 3.58. The van der Waals surface area contributed by atoms with E-state index in [1.807, 2.05) is 19.9 Å². The van der Waals surface area contributed by atoms with Crippen LogP contribution in [-0.2, 0) is 16.0 Å². The molecule has 1 amide bonds. The van der Waals surface area contributed by atoms with Crippen LogP contribution in [0.4, 0.5) is 0 Å². The Morgan fingerprint density at radius 3 is 2.84 bits per heavy atom. The molecular formula is C21H28N2O2. The number of allylic oxidation sites excluding steroid dienone is 1. The van der Waals surface area contributed by atoms with Gasteiger partial charge in [0, 0.05) is 20.2 Å². The van der Waals surface area contributed by atoms with Crippen LogP contribution in [0.2, 0.25) is 0 Å². The van der Waals surface area contributed by atoms with Crippen molar-refractivity contribution >= 4 is 5.91 Å². The van der Waals surface area contributed by atoms with Crippen LogP contribution in [-0.4, -0.2) is 37.1 Å². The lowest BCUT2D eigenvalue weighted by molar-refractivity contribution is -0.132. The van der Waals surface area contributed by atoms with Crippen molar-refractivity contribution in [3.63, 3.8) is 0 Å². The van der Waals surface area contributed by atoms with Crippen molar-refractivity contribution in [1.82, 2.24) is 4.90 Å². The van der Waals surface area contributed by atoms with Crippen molar-refractivity contribution in [3.8, 4) is 6.07 Å². The van der Waals surface area contributed by atoms with Gasteiger partial charge in [-0.2, -0.15) is 5.26 Å². The predicted molar refractivity (Wildman–Crippen MR) is 98.9 cm³/mol. The first kappa shape index (κ1) is 19.2. The zero-order chi connectivity index (χ0) is 18.4. The van der Waals surface area contributed by atoms with Gasteiger partial charge in [0.1, 0.15) is 11.6 Å². The number of hydrogen-bond acceptors (Lipinski definition) is 3. The van der Waals surface area contributed by atoms with Crippen molar-refractivity contribution < 1.29 is 9.53 Å². The van der Waals surface area contributed by atoms with E-state index in [0.717, 1.165) is 12.8 Å². The number of hydrogen-bond donors (Lipinski definition) is 0. The van der Waals surface area contributed by atoms with Crippen molar-refractivity contribution in [3.05, 3.63) is 47.0 Å². The monoisotopic (exact) mass is 340 g/mol. The molecule has 1 heterocycles. The van der Waals surface area contributed by atoms with E-state index >= 15 is 0 Å². The molecule has 1 saturated heterocycles. The smallest absolute Gasteiger partial charge is 0.264 e. The second kappa shape index (κ2) is 8.82. The van der Waals surface area contributed by atoms with Crippen LogP contribution >= 0.6 is 0 Å². The molecule has 25 heavy (non-hydrogen) atoms. The van der Waals surface area contributed by atoms with E-state index in [2.05, 4.69) is 31.2 Å². The molecule has 4 nitrogen and oxygen atoms in total. The average Bonchev–Trinajstić information content (AvgIpc) is 2.59. The van der Waals surface area contributed by atoms with E-state index < -0.39 is 0 Å². The third-order valence-corrected chi connectivity index (χ3v) is 4.72. The quantitative estimate of drug-likeness (QED) is 0.609. The second-order valence-corrected chi connectivity index (χ2v) is 7.20. The number of nitrogens with zero attached hydrogens (tertiary/aromatic N) is 2. The van der Waals surface area contributed by atoms with Crippen LogP contribution < -0.4 is 0 Å². The number of methoxy groups -OCH3 is 1. The number of carbonyl (C=O) groups is 1. The lowest BCUT2D eigenvalue weighted by Gasteiger charge is -2.38. The molecule has 0 aromatic heterocycles. The van der Waals surface area contributed by atoms with Crippen LogP contribution in [0, 0.1) is 30.1 Å². The molecule has 1 fully saturated rings. The molecule has 1 aliphatic heterocycles. The molecule has 0 saturated carbocycles. The van der Waals surface area contributed by atoms with Gasteiger partial charge >= 0.3 is 0 Å². The van der Waals surface area contributed by atoms with Crippen LogP contribution in [0.3, 0.4) is 0 Å². The first-order chi connectivity index (χ1) is 11.9. The summed E-state index contributed by atoms with van der Waals surface area (Å²) >= 11 is 0. The van der Waals surface area contributed by atoms with Gasteiger partial charge in [-0.05, 0) is 37.2 Å². The fourth-order valence-electron chi connectivity index (χ4n) is 3.45. The average molecular weight is 340 g/mol. The minimum Gasteiger partial charge on any atom is -0.379 e. The Labute approximate surface area is 151 Å². The highest BCUT2D eigenvalue weighted by Gasteiger charge is 2.32. The van der Waals surface area contributed by atoms with Gasteiger partial charge < -0.3 is 9.64 Å². The highest BCUT2D eigenvalue weighted by molar-refractivity contribution is 5.97. The molecule has 2 rings (SSSR count). The topological polar surface area (TPSA) is 53.3 Å². The van der Waals surface area contributed by atoms with Crippen LogP contribution in [0.1, 0.15) is 31.4 Å². The Morgan fingerprint density at radius 1 is 1.48 bits per heavy atom. The van der Waals surface area contributed by atoms with E-state index in [-0.39, 0.29) is 23.5 Å². The van der Waals surface area contributed by atoms with Crippen molar-refractivity contribution in [2.45, 2.75) is 39.7 Å². The predicted octanol–water partition coefficient (Wildman–Crippen LogP) is 3.51. The maximum absolute atomic E-state index is 12.6. The third kappa shape index (κ3) is 5.17. The summed E-state index contributed by atoms with van der Waals surface area (Å²) in [6.45, 7) is 7.26. The Balaban J connectivity index is 2.06. The van der Waals surface area contributed by atoms with Crippen LogP contribution in [0.25, 0.3) is 0 Å². The maximum atomic E-state index is 12.6. The van der Waals surface area contributed by atoms with E-state index in [1.165, 1.54) is 11.1 Å². The maximum Gasteiger partial charge on any atom is 0.264 e. The number of amides is 1. The molecule has 134 valence electrons. The molecule has 1 aromatic rings. The molecule has 0 N–H and O–H groups in total. The number of benzene rings is 1. The van der Waals surface area contributed by atoms with Crippen molar-refractivity contribution in [2.75, 3.05) is 20.2 Å². The van der Waals surface area contributed by atoms with E-state index in [9.17, 15) is 10.1 Å². The van der Waals surface area contributed by atoms with Gasteiger partial charge in [0.15, 0.2) is 0 Å². The zero-order valence-corrected chi connectivity index (χ0v) is 15.7. The van der Waals surface area contributed by atoms with E-state index in [1.54, 1.807) is 18.1 Å². The molecule has 0 radical (unpaired) electrons. The number of likely N-dealkylation sites (tertiary alicyclic amines) is 1. The number of nitriles is 1. The summed E-state index contributed by atoms with van der Waals surface area (Å²) < 4.78 is 5.68.